The molecule has 3 amide bonds. The smallest absolute Gasteiger partial charge is 0.258 e. The number of carbonyl (C=O) groups is 3. The molecule has 3 heterocycles. The van der Waals surface area contributed by atoms with Crippen molar-refractivity contribution in [3.63, 3.8) is 0 Å². The van der Waals surface area contributed by atoms with Crippen molar-refractivity contribution in [2.45, 2.75) is 71.7 Å². The fourth-order valence-electron chi connectivity index (χ4n) is 5.92. The molecule has 0 radical (unpaired) electrons. The standard InChI is InChI=1S/C33H40FN5O6/c1-19(2)39-21(4)32(20(3)37-39)33(42)38-11-10-27-26(17-38)36-31(41)18-44-29-14-22(6-8-28(29)43-5)7-9-30(40)35-16-23-12-24(34)15-25(13-23)45-27/h6,8,12-15,19,26-27H,7,9-11,16-18H2,1-5H3,(H,35,40)(H,36,41)/t26-,27-/m1/s1. The molecule has 2 aliphatic heterocycles. The van der Waals surface area contributed by atoms with E-state index in [0.29, 0.717) is 47.7 Å². The van der Waals surface area contributed by atoms with Crippen LogP contribution in [0.5, 0.6) is 17.2 Å². The van der Waals surface area contributed by atoms with E-state index in [4.69, 9.17) is 14.2 Å². The number of hydrogen-bond donors (Lipinski definition) is 2. The molecule has 3 aromatic rings. The Hall–Kier alpha value is -4.61. The van der Waals surface area contributed by atoms with E-state index in [2.05, 4.69) is 15.7 Å². The minimum Gasteiger partial charge on any atom is -0.493 e. The number of halogens is 1. The van der Waals surface area contributed by atoms with Gasteiger partial charge in [0.25, 0.3) is 11.8 Å². The summed E-state index contributed by atoms with van der Waals surface area (Å²) < 4.78 is 34.0. The molecule has 0 aliphatic carbocycles. The van der Waals surface area contributed by atoms with Gasteiger partial charge >= 0.3 is 0 Å². The molecule has 45 heavy (non-hydrogen) atoms. The molecule has 2 N–H and O–H groups in total. The number of hydrogen-bond acceptors (Lipinski definition) is 7. The summed E-state index contributed by atoms with van der Waals surface area (Å²) in [5, 5.41) is 10.4. The molecule has 2 atom stereocenters. The number of fused-ring (bicyclic) bond motifs is 5. The topological polar surface area (TPSA) is 124 Å². The number of methoxy groups -OCH3 is 1. The maximum Gasteiger partial charge on any atom is 0.258 e. The van der Waals surface area contributed by atoms with Gasteiger partial charge in [0.1, 0.15) is 17.7 Å². The molecule has 240 valence electrons. The zero-order valence-corrected chi connectivity index (χ0v) is 26.3. The summed E-state index contributed by atoms with van der Waals surface area (Å²) in [6.07, 6.45) is 0.450. The normalized spacial score (nSPS) is 19.3. The highest BCUT2D eigenvalue weighted by Gasteiger charge is 2.36. The Balaban J connectivity index is 1.43. The second-order valence-electron chi connectivity index (χ2n) is 11.8. The lowest BCUT2D eigenvalue weighted by Crippen LogP contribution is -2.58. The SMILES string of the molecule is COc1ccc2cc1OCC(=O)N[C@@H]1CN(C(=O)c3c(C)nn(C(C)C)c3C)CC[C@H]1Oc1cc(F)cc(c1)CNC(=O)CC2. The first-order valence-electron chi connectivity index (χ1n) is 15.2. The van der Waals surface area contributed by atoms with Crippen molar-refractivity contribution in [3.8, 4) is 17.2 Å². The third-order valence-electron chi connectivity index (χ3n) is 8.15. The van der Waals surface area contributed by atoms with Crippen LogP contribution in [0.4, 0.5) is 4.39 Å². The summed E-state index contributed by atoms with van der Waals surface area (Å²) in [5.41, 5.74) is 3.34. The number of piperidine rings is 1. The van der Waals surface area contributed by atoms with Gasteiger partial charge in [-0.25, -0.2) is 4.39 Å². The van der Waals surface area contributed by atoms with E-state index < -0.39 is 23.9 Å². The molecule has 1 aromatic heterocycles. The van der Waals surface area contributed by atoms with Gasteiger partial charge in [-0.05, 0) is 69.5 Å². The van der Waals surface area contributed by atoms with Gasteiger partial charge in [0, 0.05) is 50.3 Å². The van der Waals surface area contributed by atoms with Gasteiger partial charge in [-0.15, -0.1) is 0 Å². The Labute approximate surface area is 262 Å². The van der Waals surface area contributed by atoms with Gasteiger partial charge in [0.2, 0.25) is 5.91 Å². The highest BCUT2D eigenvalue weighted by molar-refractivity contribution is 5.96. The van der Waals surface area contributed by atoms with E-state index >= 15 is 0 Å². The molecular formula is C33H40FN5O6. The summed E-state index contributed by atoms with van der Waals surface area (Å²) >= 11 is 0. The molecular weight excluding hydrogens is 581 g/mol. The van der Waals surface area contributed by atoms with Crippen molar-refractivity contribution in [2.24, 2.45) is 0 Å². The number of rotatable bonds is 3. The minimum atomic E-state index is -0.627. The number of likely N-dealkylation sites (tertiary alicyclic amines) is 1. The van der Waals surface area contributed by atoms with Crippen molar-refractivity contribution < 1.29 is 33.0 Å². The second kappa shape index (κ2) is 13.6. The van der Waals surface area contributed by atoms with Gasteiger partial charge in [-0.2, -0.15) is 5.10 Å². The third kappa shape index (κ3) is 7.38. The highest BCUT2D eigenvalue weighted by atomic mass is 19.1. The van der Waals surface area contributed by atoms with Crippen LogP contribution >= 0.6 is 0 Å². The van der Waals surface area contributed by atoms with Crippen molar-refractivity contribution in [3.05, 3.63) is 70.3 Å². The van der Waals surface area contributed by atoms with Crippen molar-refractivity contribution in [1.29, 1.82) is 0 Å². The molecule has 5 rings (SSSR count). The van der Waals surface area contributed by atoms with Gasteiger partial charge in [0.15, 0.2) is 18.1 Å². The molecule has 0 spiro atoms. The summed E-state index contributed by atoms with van der Waals surface area (Å²) in [6, 6.07) is 9.07. The fraction of sp³-hybridized carbons (Fsp3) is 0.455. The zero-order valence-electron chi connectivity index (χ0n) is 26.3. The minimum absolute atomic E-state index is 0.0919. The van der Waals surface area contributed by atoms with Crippen LogP contribution in [0.2, 0.25) is 0 Å². The zero-order chi connectivity index (χ0) is 32.2. The average Bonchev–Trinajstić information content (AvgIpc) is 3.31. The van der Waals surface area contributed by atoms with Crippen LogP contribution in [-0.2, 0) is 22.6 Å². The molecule has 0 unspecified atom stereocenters. The number of carbonyl (C=O) groups excluding carboxylic acids is 3. The van der Waals surface area contributed by atoms with Crippen molar-refractivity contribution in [2.75, 3.05) is 26.8 Å². The highest BCUT2D eigenvalue weighted by Crippen LogP contribution is 2.29. The fourth-order valence-corrected chi connectivity index (χ4v) is 5.92. The van der Waals surface area contributed by atoms with E-state index in [1.807, 2.05) is 38.4 Å². The predicted octanol–water partition coefficient (Wildman–Crippen LogP) is 3.65. The molecule has 0 saturated carbocycles. The molecule has 1 saturated heterocycles. The number of aromatic nitrogens is 2. The number of benzene rings is 2. The first-order valence-corrected chi connectivity index (χ1v) is 15.2. The summed E-state index contributed by atoms with van der Waals surface area (Å²) in [6.45, 7) is 8.05. The van der Waals surface area contributed by atoms with Crippen LogP contribution in [-0.4, -0.2) is 71.4 Å². The number of nitrogens with zero attached hydrogens (tertiary/aromatic N) is 3. The Morgan fingerprint density at radius 3 is 2.62 bits per heavy atom. The van der Waals surface area contributed by atoms with Crippen LogP contribution in [0.1, 0.15) is 65.6 Å². The summed E-state index contributed by atoms with van der Waals surface area (Å²) in [5.74, 6) is -0.201. The van der Waals surface area contributed by atoms with E-state index in [-0.39, 0.29) is 49.7 Å². The lowest BCUT2D eigenvalue weighted by molar-refractivity contribution is -0.125. The first kappa shape index (κ1) is 31.8. The quantitative estimate of drug-likeness (QED) is 0.458. The molecule has 1 fully saturated rings. The van der Waals surface area contributed by atoms with Gasteiger partial charge < -0.3 is 29.7 Å². The lowest BCUT2D eigenvalue weighted by Gasteiger charge is -2.39. The average molecular weight is 622 g/mol. The third-order valence-corrected chi connectivity index (χ3v) is 8.15. The Morgan fingerprint density at radius 2 is 1.89 bits per heavy atom. The van der Waals surface area contributed by atoms with Gasteiger partial charge in [0.05, 0.1) is 24.4 Å². The Morgan fingerprint density at radius 1 is 1.09 bits per heavy atom. The molecule has 11 nitrogen and oxygen atoms in total. The Bertz CT molecular complexity index is 1590. The van der Waals surface area contributed by atoms with Crippen LogP contribution in [0.3, 0.4) is 0 Å². The molecule has 2 aliphatic rings. The van der Waals surface area contributed by atoms with Crippen molar-refractivity contribution in [1.82, 2.24) is 25.3 Å². The van der Waals surface area contributed by atoms with Crippen LogP contribution in [0, 0.1) is 19.7 Å². The number of nitrogens with one attached hydrogen (secondary N) is 2. The predicted molar refractivity (Wildman–Crippen MR) is 164 cm³/mol. The molecule has 12 heteroatoms. The second-order valence-corrected chi connectivity index (χ2v) is 11.8. The summed E-state index contributed by atoms with van der Waals surface area (Å²) in [4.78, 5) is 41.4. The van der Waals surface area contributed by atoms with E-state index in [0.717, 1.165) is 11.3 Å². The lowest BCUT2D eigenvalue weighted by atomic mass is 10.00. The van der Waals surface area contributed by atoms with Crippen molar-refractivity contribution >= 4 is 17.7 Å². The Kier molecular flexibility index (Phi) is 9.60. The number of amides is 3. The van der Waals surface area contributed by atoms with Gasteiger partial charge in [-0.3, -0.25) is 19.1 Å². The van der Waals surface area contributed by atoms with E-state index in [1.165, 1.54) is 19.2 Å². The first-order chi connectivity index (χ1) is 21.5. The van der Waals surface area contributed by atoms with Crippen LogP contribution in [0.25, 0.3) is 0 Å². The van der Waals surface area contributed by atoms with Crippen LogP contribution < -0.4 is 24.8 Å². The molecule has 2 aromatic carbocycles. The molecule has 4 bridgehead atoms. The van der Waals surface area contributed by atoms with Gasteiger partial charge in [-0.1, -0.05) is 6.07 Å². The maximum absolute atomic E-state index is 14.6. The van der Waals surface area contributed by atoms with Crippen LogP contribution in [0.15, 0.2) is 36.4 Å². The number of ether oxygens (including phenoxy) is 3. The number of aryl methyl sites for hydroxylation is 2. The van der Waals surface area contributed by atoms with E-state index in [9.17, 15) is 18.8 Å². The van der Waals surface area contributed by atoms with E-state index in [1.54, 1.807) is 23.1 Å². The maximum atomic E-state index is 14.6. The largest absolute Gasteiger partial charge is 0.493 e. The summed E-state index contributed by atoms with van der Waals surface area (Å²) in [7, 11) is 1.51. The monoisotopic (exact) mass is 621 g/mol.